The van der Waals surface area contributed by atoms with Crippen LogP contribution in [-0.2, 0) is 4.79 Å². The number of rotatable bonds is 4. The van der Waals surface area contributed by atoms with E-state index in [9.17, 15) is 4.79 Å². The highest BCUT2D eigenvalue weighted by Gasteiger charge is 1.87. The molecule has 0 heterocycles. The van der Waals surface area contributed by atoms with Crippen LogP contribution in [-0.4, -0.2) is 5.78 Å². The van der Waals surface area contributed by atoms with Crippen molar-refractivity contribution >= 4 is 23.5 Å². The topological polar surface area (TPSA) is 17.1 Å². The van der Waals surface area contributed by atoms with Crippen molar-refractivity contribution in [3.8, 4) is 11.8 Å². The third kappa shape index (κ3) is 6.60. The molecule has 17 heavy (non-hydrogen) atoms. The molecule has 0 atom stereocenters. The van der Waals surface area contributed by atoms with Crippen LogP contribution in [0.25, 0.3) is 6.08 Å². The average Bonchev–Trinajstić information content (AvgIpc) is 2.30. The van der Waals surface area contributed by atoms with Crippen LogP contribution >= 0.6 is 11.6 Å². The molecule has 0 aromatic heterocycles. The maximum atomic E-state index is 10.5. The van der Waals surface area contributed by atoms with Crippen LogP contribution in [0.5, 0.6) is 0 Å². The minimum Gasteiger partial charge on any atom is -0.285 e. The molecule has 0 amide bonds. The van der Waals surface area contributed by atoms with Gasteiger partial charge in [0.25, 0.3) is 0 Å². The Kier molecular flexibility index (Phi) is 6.14. The van der Waals surface area contributed by atoms with Crippen molar-refractivity contribution < 1.29 is 4.79 Å². The van der Waals surface area contributed by atoms with Gasteiger partial charge in [-0.15, -0.1) is 0 Å². The predicted octanol–water partition coefficient (Wildman–Crippen LogP) is 4.12. The van der Waals surface area contributed by atoms with Gasteiger partial charge in [0, 0.05) is 18.4 Å². The fraction of sp³-hybridized carbons (Fsp3) is 0.267. The van der Waals surface area contributed by atoms with Gasteiger partial charge in [-0.2, -0.15) is 0 Å². The fourth-order valence-electron chi connectivity index (χ4n) is 1.29. The summed E-state index contributed by atoms with van der Waals surface area (Å²) in [5, 5.41) is 0.752. The summed E-state index contributed by atoms with van der Waals surface area (Å²) in [5.41, 5.74) is 1.14. The number of hydrogen-bond donors (Lipinski definition) is 0. The number of hydrogen-bond acceptors (Lipinski definition) is 1. The fourth-order valence-corrected chi connectivity index (χ4v) is 1.41. The SMILES string of the molecule is CC(=O)C#CCCCC=Cc1ccc(Cl)cc1. The number of ketones is 1. The summed E-state index contributed by atoms with van der Waals surface area (Å²) in [5.74, 6) is 5.30. The van der Waals surface area contributed by atoms with E-state index in [-0.39, 0.29) is 5.78 Å². The van der Waals surface area contributed by atoms with E-state index in [1.165, 1.54) is 6.92 Å². The third-order valence-electron chi connectivity index (χ3n) is 2.12. The van der Waals surface area contributed by atoms with Crippen LogP contribution in [0.2, 0.25) is 5.02 Å². The molecule has 1 nitrogen and oxygen atoms in total. The van der Waals surface area contributed by atoms with Crippen LogP contribution in [0.15, 0.2) is 30.3 Å². The Balaban J connectivity index is 2.25. The van der Waals surface area contributed by atoms with E-state index in [2.05, 4.69) is 24.0 Å². The van der Waals surface area contributed by atoms with Crippen molar-refractivity contribution in [1.82, 2.24) is 0 Å². The third-order valence-corrected chi connectivity index (χ3v) is 2.37. The number of halogens is 1. The minimum absolute atomic E-state index is 0.0679. The van der Waals surface area contributed by atoms with Crippen molar-refractivity contribution in [3.63, 3.8) is 0 Å². The number of allylic oxidation sites excluding steroid dienone is 1. The van der Waals surface area contributed by atoms with E-state index in [1.54, 1.807) is 0 Å². The molecule has 1 aromatic carbocycles. The smallest absolute Gasteiger partial charge is 0.202 e. The second-order valence-electron chi connectivity index (χ2n) is 3.70. The van der Waals surface area contributed by atoms with Gasteiger partial charge in [0.2, 0.25) is 5.78 Å². The van der Waals surface area contributed by atoms with E-state index >= 15 is 0 Å². The summed E-state index contributed by atoms with van der Waals surface area (Å²) in [6.45, 7) is 1.48. The molecule has 0 aliphatic rings. The number of benzene rings is 1. The monoisotopic (exact) mass is 246 g/mol. The van der Waals surface area contributed by atoms with Gasteiger partial charge in [0.1, 0.15) is 0 Å². The molecule has 0 aliphatic heterocycles. The zero-order valence-electron chi connectivity index (χ0n) is 9.87. The summed E-state index contributed by atoms with van der Waals surface area (Å²) in [4.78, 5) is 10.5. The largest absolute Gasteiger partial charge is 0.285 e. The second-order valence-corrected chi connectivity index (χ2v) is 4.14. The standard InChI is InChI=1S/C15H15ClO/c1-13(17)7-5-3-2-4-6-8-14-9-11-15(16)12-10-14/h6,8-12H,2-4H2,1H3. The van der Waals surface area contributed by atoms with E-state index in [0.29, 0.717) is 0 Å². The zero-order valence-corrected chi connectivity index (χ0v) is 10.6. The summed E-state index contributed by atoms with van der Waals surface area (Å²) < 4.78 is 0. The lowest BCUT2D eigenvalue weighted by Crippen LogP contribution is -1.80. The van der Waals surface area contributed by atoms with Crippen LogP contribution in [0.3, 0.4) is 0 Å². The quantitative estimate of drug-likeness (QED) is 0.444. The first kappa shape index (κ1) is 13.5. The molecular weight excluding hydrogens is 232 g/mol. The van der Waals surface area contributed by atoms with Crippen molar-refractivity contribution in [3.05, 3.63) is 40.9 Å². The first-order chi connectivity index (χ1) is 8.18. The van der Waals surface area contributed by atoms with E-state index in [4.69, 9.17) is 11.6 Å². The number of carbonyl (C=O) groups is 1. The van der Waals surface area contributed by atoms with Gasteiger partial charge in [0.15, 0.2) is 0 Å². The Hall–Kier alpha value is -1.52. The van der Waals surface area contributed by atoms with Crippen molar-refractivity contribution in [2.24, 2.45) is 0 Å². The molecule has 0 saturated carbocycles. The van der Waals surface area contributed by atoms with E-state index in [0.717, 1.165) is 29.8 Å². The van der Waals surface area contributed by atoms with Gasteiger partial charge in [-0.25, -0.2) is 0 Å². The summed E-state index contributed by atoms with van der Waals surface area (Å²) >= 11 is 5.79. The molecule has 0 bridgehead atoms. The highest BCUT2D eigenvalue weighted by molar-refractivity contribution is 6.30. The molecule has 0 unspecified atom stereocenters. The highest BCUT2D eigenvalue weighted by Crippen LogP contribution is 2.11. The molecular formula is C15H15ClO. The molecule has 0 saturated heterocycles. The van der Waals surface area contributed by atoms with Crippen LogP contribution in [0, 0.1) is 11.8 Å². The number of Topliss-reactive ketones (excluding diaryl/α,β-unsaturated/α-hetero) is 1. The summed E-state index contributed by atoms with van der Waals surface area (Å²) in [6.07, 6.45) is 6.89. The maximum Gasteiger partial charge on any atom is 0.202 e. The lowest BCUT2D eigenvalue weighted by Gasteiger charge is -1.93. The zero-order chi connectivity index (χ0) is 12.5. The van der Waals surface area contributed by atoms with Gasteiger partial charge in [-0.05, 0) is 36.5 Å². The van der Waals surface area contributed by atoms with Crippen molar-refractivity contribution in [2.45, 2.75) is 26.2 Å². The number of unbranched alkanes of at least 4 members (excludes halogenated alkanes) is 2. The molecule has 1 rings (SSSR count). The number of carbonyl (C=O) groups excluding carboxylic acids is 1. The first-order valence-electron chi connectivity index (χ1n) is 5.60. The van der Waals surface area contributed by atoms with Crippen LogP contribution < -0.4 is 0 Å². The molecule has 1 aromatic rings. The Labute approximate surface area is 107 Å². The van der Waals surface area contributed by atoms with E-state index < -0.39 is 0 Å². The summed E-state index contributed by atoms with van der Waals surface area (Å²) in [7, 11) is 0. The van der Waals surface area contributed by atoms with E-state index in [1.807, 2.05) is 24.3 Å². The average molecular weight is 247 g/mol. The minimum atomic E-state index is -0.0679. The lowest BCUT2D eigenvalue weighted by molar-refractivity contribution is -0.111. The molecule has 0 radical (unpaired) electrons. The molecule has 0 aliphatic carbocycles. The molecule has 0 spiro atoms. The normalized spacial score (nSPS) is 10.0. The Morgan fingerprint density at radius 3 is 2.71 bits per heavy atom. The highest BCUT2D eigenvalue weighted by atomic mass is 35.5. The van der Waals surface area contributed by atoms with Gasteiger partial charge in [-0.3, -0.25) is 4.79 Å². The van der Waals surface area contributed by atoms with Gasteiger partial charge in [-0.1, -0.05) is 41.8 Å². The Bertz CT molecular complexity index is 446. The van der Waals surface area contributed by atoms with Crippen LogP contribution in [0.4, 0.5) is 0 Å². The predicted molar refractivity (Wildman–Crippen MR) is 72.8 cm³/mol. The van der Waals surface area contributed by atoms with Gasteiger partial charge < -0.3 is 0 Å². The summed E-state index contributed by atoms with van der Waals surface area (Å²) in [6, 6.07) is 7.71. The van der Waals surface area contributed by atoms with Crippen molar-refractivity contribution in [2.75, 3.05) is 0 Å². The lowest BCUT2D eigenvalue weighted by atomic mass is 10.1. The van der Waals surface area contributed by atoms with Crippen LogP contribution in [0.1, 0.15) is 31.7 Å². The Morgan fingerprint density at radius 1 is 1.35 bits per heavy atom. The van der Waals surface area contributed by atoms with Gasteiger partial charge >= 0.3 is 0 Å². The first-order valence-corrected chi connectivity index (χ1v) is 5.98. The van der Waals surface area contributed by atoms with Crippen molar-refractivity contribution in [1.29, 1.82) is 0 Å². The molecule has 2 heteroatoms. The molecule has 0 fully saturated rings. The molecule has 0 N–H and O–H groups in total. The molecule has 88 valence electrons. The second kappa shape index (κ2) is 7.70. The maximum absolute atomic E-state index is 10.5. The van der Waals surface area contributed by atoms with Gasteiger partial charge in [0.05, 0.1) is 0 Å². The Morgan fingerprint density at radius 2 is 2.06 bits per heavy atom.